The Kier molecular flexibility index (Phi) is 6.48. The fourth-order valence-electron chi connectivity index (χ4n) is 6.82. The topological polar surface area (TPSA) is 0 Å². The van der Waals surface area contributed by atoms with Crippen LogP contribution < -0.4 is 0 Å². The first-order valence-electron chi connectivity index (χ1n) is 10.2. The predicted molar refractivity (Wildman–Crippen MR) is 106 cm³/mol. The molecule has 0 heteroatoms. The van der Waals surface area contributed by atoms with Crippen LogP contribution in [0.2, 0.25) is 0 Å². The van der Waals surface area contributed by atoms with E-state index in [0.29, 0.717) is 21.7 Å². The lowest BCUT2D eigenvalue weighted by molar-refractivity contribution is 0.0581. The molecule has 2 fully saturated rings. The smallest absolute Gasteiger partial charge is 0.0321 e. The van der Waals surface area contributed by atoms with E-state index in [-0.39, 0.29) is 0 Å². The normalized spacial score (nSPS) is 36.0. The lowest BCUT2D eigenvalue weighted by Crippen LogP contribution is -2.34. The van der Waals surface area contributed by atoms with Gasteiger partial charge in [-0.15, -0.1) is 0 Å². The fourth-order valence-corrected chi connectivity index (χ4v) is 6.82. The lowest BCUT2D eigenvalue weighted by Gasteiger charge is -2.45. The average Bonchev–Trinajstić information content (AvgIpc) is 2.20. The van der Waals surface area contributed by atoms with Crippen molar-refractivity contribution in [2.24, 2.45) is 33.5 Å². The highest BCUT2D eigenvalue weighted by Crippen LogP contribution is 2.50. The molecule has 2 aliphatic carbocycles. The number of rotatable bonds is 1. The maximum atomic E-state index is 2.46. The van der Waals surface area contributed by atoms with Crippen LogP contribution in [0.1, 0.15) is 114 Å². The molecule has 0 aromatic rings. The van der Waals surface area contributed by atoms with Crippen LogP contribution in [-0.4, -0.2) is 0 Å². The van der Waals surface area contributed by atoms with Crippen LogP contribution in [0.15, 0.2) is 0 Å². The Labute approximate surface area is 148 Å². The zero-order valence-corrected chi connectivity index (χ0v) is 18.1. The van der Waals surface area contributed by atoms with Crippen LogP contribution in [0, 0.1) is 33.5 Å². The molecule has 0 radical (unpaired) electrons. The van der Waals surface area contributed by atoms with Gasteiger partial charge in [-0.05, 0) is 72.0 Å². The minimum atomic E-state index is 0.584. The summed E-state index contributed by atoms with van der Waals surface area (Å²) in [6.07, 6.45) is 9.84. The zero-order chi connectivity index (χ0) is 18.1. The van der Waals surface area contributed by atoms with Gasteiger partial charge >= 0.3 is 0 Å². The molecule has 0 heterocycles. The molecule has 2 saturated carbocycles. The van der Waals surface area contributed by atoms with Gasteiger partial charge in [-0.25, -0.2) is 0 Å². The third kappa shape index (κ3) is 7.18. The second-order valence-electron chi connectivity index (χ2n) is 12.0. The van der Waals surface area contributed by atoms with Crippen LogP contribution in [0.25, 0.3) is 0 Å². The van der Waals surface area contributed by atoms with Crippen molar-refractivity contribution in [2.45, 2.75) is 114 Å². The summed E-state index contributed by atoms with van der Waals surface area (Å²) in [5.41, 5.74) is 2.38. The molecule has 138 valence electrons. The zero-order valence-electron chi connectivity index (χ0n) is 18.1. The van der Waals surface area contributed by atoms with Crippen molar-refractivity contribution in [1.29, 1.82) is 0 Å². The number of hydrogen-bond acceptors (Lipinski definition) is 0. The molecule has 23 heavy (non-hydrogen) atoms. The first kappa shape index (κ1) is 21.0. The maximum absolute atomic E-state index is 2.46. The molecule has 0 N–H and O–H groups in total. The monoisotopic (exact) mass is 322 g/mol. The Bertz CT molecular complexity index is 357. The van der Waals surface area contributed by atoms with Gasteiger partial charge in [0.05, 0.1) is 0 Å². The molecule has 0 aliphatic heterocycles. The van der Waals surface area contributed by atoms with Gasteiger partial charge in [-0.3, -0.25) is 0 Å². The third-order valence-electron chi connectivity index (χ3n) is 6.26. The van der Waals surface area contributed by atoms with Crippen LogP contribution >= 0.6 is 0 Å². The molecular weight excluding hydrogens is 276 g/mol. The van der Waals surface area contributed by atoms with E-state index < -0.39 is 0 Å². The van der Waals surface area contributed by atoms with Crippen LogP contribution in [0.4, 0.5) is 0 Å². The summed E-state index contributed by atoms with van der Waals surface area (Å²) in [4.78, 5) is 0. The molecule has 0 aromatic carbocycles. The minimum absolute atomic E-state index is 0.584. The molecule has 2 atom stereocenters. The summed E-state index contributed by atoms with van der Waals surface area (Å²) < 4.78 is 0. The highest BCUT2D eigenvalue weighted by Gasteiger charge is 2.38. The van der Waals surface area contributed by atoms with E-state index in [0.717, 1.165) is 11.8 Å². The highest BCUT2D eigenvalue weighted by molar-refractivity contribution is 4.89. The van der Waals surface area contributed by atoms with E-state index in [9.17, 15) is 0 Å². The summed E-state index contributed by atoms with van der Waals surface area (Å²) in [6.45, 7) is 24.1. The Morgan fingerprint density at radius 2 is 0.957 bits per heavy atom. The van der Waals surface area contributed by atoms with Gasteiger partial charge in [0.2, 0.25) is 0 Å². The van der Waals surface area contributed by atoms with E-state index in [4.69, 9.17) is 0 Å². The van der Waals surface area contributed by atoms with Crippen molar-refractivity contribution in [3.63, 3.8) is 0 Å². The van der Waals surface area contributed by atoms with Gasteiger partial charge in [0.15, 0.2) is 0 Å². The second kappa shape index (κ2) is 7.09. The lowest BCUT2D eigenvalue weighted by atomic mass is 9.60. The van der Waals surface area contributed by atoms with Crippen LogP contribution in [0.3, 0.4) is 0 Å². The molecule has 0 nitrogen and oxygen atoms in total. The van der Waals surface area contributed by atoms with Gasteiger partial charge in [-0.1, -0.05) is 75.7 Å². The first-order chi connectivity index (χ1) is 10.2. The van der Waals surface area contributed by atoms with E-state index in [1.807, 2.05) is 0 Å². The molecule has 0 amide bonds. The standard InChI is InChI=1S/C12H24.C11H22/c1-6-12(5)8-10(2)7-11(3,4)9-12;1-9-6-10(2,3)8-11(4,5)7-9/h10H,6-9H2,1-5H3;9H,6-8H2,1-5H3. The summed E-state index contributed by atoms with van der Waals surface area (Å²) in [7, 11) is 0. The summed E-state index contributed by atoms with van der Waals surface area (Å²) in [5.74, 6) is 1.85. The third-order valence-corrected chi connectivity index (χ3v) is 6.26. The fraction of sp³-hybridized carbons (Fsp3) is 1.00. The van der Waals surface area contributed by atoms with E-state index in [1.165, 1.54) is 44.9 Å². The van der Waals surface area contributed by atoms with Crippen LogP contribution in [-0.2, 0) is 0 Å². The van der Waals surface area contributed by atoms with Crippen molar-refractivity contribution < 1.29 is 0 Å². The van der Waals surface area contributed by atoms with Gasteiger partial charge < -0.3 is 0 Å². The molecule has 0 spiro atoms. The average molecular weight is 323 g/mol. The Morgan fingerprint density at radius 3 is 1.26 bits per heavy atom. The van der Waals surface area contributed by atoms with Gasteiger partial charge in [0.1, 0.15) is 0 Å². The molecule has 2 unspecified atom stereocenters. The second-order valence-corrected chi connectivity index (χ2v) is 12.0. The van der Waals surface area contributed by atoms with Crippen molar-refractivity contribution in [3.8, 4) is 0 Å². The van der Waals surface area contributed by atoms with Crippen molar-refractivity contribution in [1.82, 2.24) is 0 Å². The number of hydrogen-bond donors (Lipinski definition) is 0. The maximum Gasteiger partial charge on any atom is -0.0321 e. The summed E-state index contributed by atoms with van der Waals surface area (Å²) in [6, 6.07) is 0. The predicted octanol–water partition coefficient (Wildman–Crippen LogP) is 8.11. The molecule has 2 rings (SSSR count). The molecule has 0 bridgehead atoms. The molecule has 0 aromatic heterocycles. The highest BCUT2D eigenvalue weighted by atomic mass is 14.4. The summed E-state index contributed by atoms with van der Waals surface area (Å²) >= 11 is 0. The van der Waals surface area contributed by atoms with Crippen LogP contribution in [0.5, 0.6) is 0 Å². The Balaban J connectivity index is 0.000000231. The summed E-state index contributed by atoms with van der Waals surface area (Å²) in [5, 5.41) is 0. The Hall–Kier alpha value is 0. The van der Waals surface area contributed by atoms with E-state index in [1.54, 1.807) is 0 Å². The van der Waals surface area contributed by atoms with Gasteiger partial charge in [0, 0.05) is 0 Å². The largest absolute Gasteiger partial charge is 0.0649 e. The quantitative estimate of drug-likeness (QED) is 0.457. The van der Waals surface area contributed by atoms with Gasteiger partial charge in [0.25, 0.3) is 0 Å². The van der Waals surface area contributed by atoms with Crippen molar-refractivity contribution in [3.05, 3.63) is 0 Å². The minimum Gasteiger partial charge on any atom is -0.0649 e. The molecule has 0 saturated heterocycles. The van der Waals surface area contributed by atoms with E-state index >= 15 is 0 Å². The van der Waals surface area contributed by atoms with E-state index in [2.05, 4.69) is 69.2 Å². The SMILES string of the molecule is CC1CC(C)(C)CC(C)(C)C1.CCC1(C)CC(C)CC(C)(C)C1. The van der Waals surface area contributed by atoms with Crippen molar-refractivity contribution in [2.75, 3.05) is 0 Å². The molecular formula is C23H46. The molecule has 2 aliphatic rings. The first-order valence-corrected chi connectivity index (χ1v) is 10.2. The van der Waals surface area contributed by atoms with Crippen molar-refractivity contribution >= 4 is 0 Å². The van der Waals surface area contributed by atoms with Gasteiger partial charge in [-0.2, -0.15) is 0 Å². The Morgan fingerprint density at radius 1 is 0.609 bits per heavy atom.